The number of tetrazole rings is 1. The monoisotopic (exact) mass is 297 g/mol. The van der Waals surface area contributed by atoms with Gasteiger partial charge in [0, 0.05) is 0 Å². The Balaban J connectivity index is 1.83. The van der Waals surface area contributed by atoms with Crippen LogP contribution in [0, 0.1) is 0 Å². The third-order valence-electron chi connectivity index (χ3n) is 2.72. The lowest BCUT2D eigenvalue weighted by molar-refractivity contribution is -0.141. The highest BCUT2D eigenvalue weighted by Gasteiger charge is 2.28. The van der Waals surface area contributed by atoms with E-state index in [1.54, 1.807) is 4.68 Å². The number of carbonyl (C=O) groups is 2. The van der Waals surface area contributed by atoms with Gasteiger partial charge in [-0.15, -0.1) is 11.7 Å². The van der Waals surface area contributed by atoms with E-state index in [0.717, 1.165) is 12.8 Å². The van der Waals surface area contributed by atoms with Gasteiger partial charge in [0.2, 0.25) is 11.1 Å². The van der Waals surface area contributed by atoms with Crippen molar-refractivity contribution in [1.82, 2.24) is 25.5 Å². The van der Waals surface area contributed by atoms with E-state index in [0.29, 0.717) is 11.2 Å². The number of carboxylic acid groups (broad SMARTS) is 1. The first-order valence-corrected chi connectivity index (χ1v) is 7.14. The summed E-state index contributed by atoms with van der Waals surface area (Å²) in [6.07, 6.45) is 3.74. The standard InChI is InChI=1S/C11H15N5O3S/c1-2-3-8(10(18)19)12-9(17)6-20-11-13-14-15-16(11)7-4-5-7/h2,7-8H,1,3-6H2,(H,12,17)(H,18,19). The van der Waals surface area contributed by atoms with Crippen LogP contribution in [0.2, 0.25) is 0 Å². The first-order chi connectivity index (χ1) is 9.61. The molecule has 0 saturated heterocycles. The molecule has 1 unspecified atom stereocenters. The molecule has 1 aliphatic carbocycles. The van der Waals surface area contributed by atoms with E-state index in [1.165, 1.54) is 17.8 Å². The minimum atomic E-state index is -1.08. The molecular formula is C11H15N5O3S. The molecule has 1 heterocycles. The maximum Gasteiger partial charge on any atom is 0.326 e. The third-order valence-corrected chi connectivity index (χ3v) is 3.66. The van der Waals surface area contributed by atoms with Crippen molar-refractivity contribution < 1.29 is 14.7 Å². The van der Waals surface area contributed by atoms with Crippen LogP contribution in [0.3, 0.4) is 0 Å². The molecule has 0 bridgehead atoms. The molecule has 1 fully saturated rings. The fourth-order valence-electron chi connectivity index (χ4n) is 1.58. The Bertz CT molecular complexity index is 514. The zero-order valence-corrected chi connectivity index (χ0v) is 11.5. The van der Waals surface area contributed by atoms with E-state index in [9.17, 15) is 9.59 Å². The summed E-state index contributed by atoms with van der Waals surface area (Å²) in [4.78, 5) is 22.6. The number of carbonyl (C=O) groups excluding carboxylic acids is 1. The summed E-state index contributed by atoms with van der Waals surface area (Å²) in [5.74, 6) is -1.37. The maximum absolute atomic E-state index is 11.7. The van der Waals surface area contributed by atoms with Crippen molar-refractivity contribution in [1.29, 1.82) is 0 Å². The molecule has 108 valence electrons. The average molecular weight is 297 g/mol. The van der Waals surface area contributed by atoms with E-state index >= 15 is 0 Å². The minimum absolute atomic E-state index is 0.0774. The second-order valence-corrected chi connectivity index (χ2v) is 5.35. The van der Waals surface area contributed by atoms with Gasteiger partial charge in [-0.05, 0) is 29.7 Å². The highest BCUT2D eigenvalue weighted by atomic mass is 32.2. The summed E-state index contributed by atoms with van der Waals surface area (Å²) in [5, 5.41) is 23.2. The molecular weight excluding hydrogens is 282 g/mol. The predicted molar refractivity (Wildman–Crippen MR) is 71.2 cm³/mol. The Morgan fingerprint density at radius 2 is 2.35 bits per heavy atom. The van der Waals surface area contributed by atoms with Crippen LogP contribution in [-0.2, 0) is 9.59 Å². The fourth-order valence-corrected chi connectivity index (χ4v) is 2.34. The van der Waals surface area contributed by atoms with Crippen LogP contribution in [0.15, 0.2) is 17.8 Å². The van der Waals surface area contributed by atoms with Gasteiger partial charge in [0.05, 0.1) is 11.8 Å². The Morgan fingerprint density at radius 3 is 2.95 bits per heavy atom. The fraction of sp³-hybridized carbons (Fsp3) is 0.545. The molecule has 2 N–H and O–H groups in total. The molecule has 1 amide bonds. The normalized spacial score (nSPS) is 15.6. The first-order valence-electron chi connectivity index (χ1n) is 6.15. The molecule has 1 aromatic rings. The number of carboxylic acids is 1. The Morgan fingerprint density at radius 1 is 1.60 bits per heavy atom. The molecule has 20 heavy (non-hydrogen) atoms. The first kappa shape index (κ1) is 14.5. The lowest BCUT2D eigenvalue weighted by Gasteiger charge is -2.12. The highest BCUT2D eigenvalue weighted by molar-refractivity contribution is 7.99. The summed E-state index contributed by atoms with van der Waals surface area (Å²) < 4.78 is 1.70. The van der Waals surface area contributed by atoms with Crippen LogP contribution in [0.4, 0.5) is 0 Å². The van der Waals surface area contributed by atoms with Crippen LogP contribution in [0.25, 0.3) is 0 Å². The largest absolute Gasteiger partial charge is 0.480 e. The van der Waals surface area contributed by atoms with E-state index < -0.39 is 12.0 Å². The predicted octanol–water partition coefficient (Wildman–Crippen LogP) is 0.246. The van der Waals surface area contributed by atoms with Crippen molar-refractivity contribution in [2.45, 2.75) is 36.5 Å². The van der Waals surface area contributed by atoms with Gasteiger partial charge in [-0.2, -0.15) is 0 Å². The Kier molecular flexibility index (Phi) is 4.72. The highest BCUT2D eigenvalue weighted by Crippen LogP contribution is 2.36. The lowest BCUT2D eigenvalue weighted by atomic mass is 10.2. The molecule has 1 saturated carbocycles. The van der Waals surface area contributed by atoms with Gasteiger partial charge >= 0.3 is 5.97 Å². The smallest absolute Gasteiger partial charge is 0.326 e. The van der Waals surface area contributed by atoms with E-state index in [2.05, 4.69) is 27.4 Å². The molecule has 0 aromatic carbocycles. The van der Waals surface area contributed by atoms with Gasteiger partial charge in [-0.3, -0.25) is 4.79 Å². The van der Waals surface area contributed by atoms with Crippen molar-refractivity contribution in [3.8, 4) is 0 Å². The molecule has 8 nitrogen and oxygen atoms in total. The summed E-state index contributed by atoms with van der Waals surface area (Å²) in [5.41, 5.74) is 0. The van der Waals surface area contributed by atoms with Gasteiger partial charge in [-0.25, -0.2) is 9.48 Å². The van der Waals surface area contributed by atoms with Crippen LogP contribution >= 0.6 is 11.8 Å². The third kappa shape index (κ3) is 3.80. The van der Waals surface area contributed by atoms with Gasteiger partial charge in [0.1, 0.15) is 6.04 Å². The van der Waals surface area contributed by atoms with E-state index in [-0.39, 0.29) is 18.1 Å². The number of aliphatic carboxylic acids is 1. The zero-order valence-electron chi connectivity index (χ0n) is 10.7. The molecule has 0 radical (unpaired) electrons. The molecule has 0 aliphatic heterocycles. The van der Waals surface area contributed by atoms with Crippen LogP contribution in [-0.4, -0.2) is 49.0 Å². The van der Waals surface area contributed by atoms with Gasteiger partial charge < -0.3 is 10.4 Å². The number of nitrogens with one attached hydrogen (secondary N) is 1. The number of hydrogen-bond donors (Lipinski definition) is 2. The van der Waals surface area contributed by atoms with Crippen LogP contribution in [0.5, 0.6) is 0 Å². The van der Waals surface area contributed by atoms with Crippen molar-refractivity contribution in [3.63, 3.8) is 0 Å². The number of aromatic nitrogens is 4. The van der Waals surface area contributed by atoms with Crippen molar-refractivity contribution in [3.05, 3.63) is 12.7 Å². The SMILES string of the molecule is C=CCC(NC(=O)CSc1nnnn1C1CC1)C(=O)O. The van der Waals surface area contributed by atoms with Crippen LogP contribution in [0.1, 0.15) is 25.3 Å². The van der Waals surface area contributed by atoms with E-state index in [1.807, 2.05) is 0 Å². The Labute approximate surface area is 119 Å². The number of hydrogen-bond acceptors (Lipinski definition) is 6. The maximum atomic E-state index is 11.7. The van der Waals surface area contributed by atoms with Gasteiger partial charge in [0.15, 0.2) is 0 Å². The van der Waals surface area contributed by atoms with E-state index in [4.69, 9.17) is 5.11 Å². The van der Waals surface area contributed by atoms with Crippen molar-refractivity contribution in [2.24, 2.45) is 0 Å². The van der Waals surface area contributed by atoms with Crippen LogP contribution < -0.4 is 5.32 Å². The topological polar surface area (TPSA) is 110 Å². The minimum Gasteiger partial charge on any atom is -0.480 e. The molecule has 0 spiro atoms. The lowest BCUT2D eigenvalue weighted by Crippen LogP contribution is -2.41. The second kappa shape index (κ2) is 6.51. The van der Waals surface area contributed by atoms with Gasteiger partial charge in [0.25, 0.3) is 0 Å². The summed E-state index contributed by atoms with van der Waals surface area (Å²) in [6.45, 7) is 3.47. The molecule has 2 rings (SSSR count). The number of rotatable bonds is 8. The van der Waals surface area contributed by atoms with Crippen molar-refractivity contribution in [2.75, 3.05) is 5.75 Å². The summed E-state index contributed by atoms with van der Waals surface area (Å²) in [6, 6.07) is -0.608. The quantitative estimate of drug-likeness (QED) is 0.522. The number of thioether (sulfide) groups is 1. The Hall–Kier alpha value is -1.90. The number of nitrogens with zero attached hydrogens (tertiary/aromatic N) is 4. The molecule has 1 aromatic heterocycles. The number of amides is 1. The second-order valence-electron chi connectivity index (χ2n) is 4.41. The average Bonchev–Trinajstić information content (AvgIpc) is 3.14. The molecule has 1 atom stereocenters. The molecule has 9 heteroatoms. The zero-order chi connectivity index (χ0) is 14.5. The van der Waals surface area contributed by atoms with Gasteiger partial charge in [-0.1, -0.05) is 17.8 Å². The molecule has 1 aliphatic rings. The summed E-state index contributed by atoms with van der Waals surface area (Å²) in [7, 11) is 0. The summed E-state index contributed by atoms with van der Waals surface area (Å²) >= 11 is 1.20. The van der Waals surface area contributed by atoms with Crippen molar-refractivity contribution >= 4 is 23.6 Å².